The zero-order chi connectivity index (χ0) is 13.9. The first-order valence-electron chi connectivity index (χ1n) is 5.44. The van der Waals surface area contributed by atoms with Crippen molar-refractivity contribution in [2.75, 3.05) is 27.7 Å². The quantitative estimate of drug-likeness (QED) is 0.841. The van der Waals surface area contributed by atoms with Gasteiger partial charge in [-0.1, -0.05) is 6.07 Å². The van der Waals surface area contributed by atoms with Gasteiger partial charge < -0.3 is 10.2 Å². The van der Waals surface area contributed by atoms with Gasteiger partial charge in [-0.25, -0.2) is 4.39 Å². The molecular formula is C12H16F4N2. The molecule has 1 aromatic carbocycles. The van der Waals surface area contributed by atoms with E-state index in [4.69, 9.17) is 0 Å². The minimum absolute atomic E-state index is 0.276. The van der Waals surface area contributed by atoms with E-state index in [2.05, 4.69) is 5.32 Å². The summed E-state index contributed by atoms with van der Waals surface area (Å²) in [5.74, 6) is -1.24. The van der Waals surface area contributed by atoms with Gasteiger partial charge in [-0.05, 0) is 38.8 Å². The Bertz CT molecular complexity index is 402. The van der Waals surface area contributed by atoms with Crippen LogP contribution in [-0.4, -0.2) is 32.6 Å². The first-order valence-corrected chi connectivity index (χ1v) is 5.44. The molecule has 102 valence electrons. The molecule has 1 unspecified atom stereocenters. The lowest BCUT2D eigenvalue weighted by Gasteiger charge is -2.22. The van der Waals surface area contributed by atoms with Crippen molar-refractivity contribution in [1.82, 2.24) is 10.2 Å². The second-order valence-corrected chi connectivity index (χ2v) is 4.34. The summed E-state index contributed by atoms with van der Waals surface area (Å²) in [6.07, 6.45) is -4.67. The molecule has 1 atom stereocenters. The molecule has 0 saturated heterocycles. The van der Waals surface area contributed by atoms with E-state index in [0.29, 0.717) is 12.1 Å². The summed E-state index contributed by atoms with van der Waals surface area (Å²) < 4.78 is 50.9. The van der Waals surface area contributed by atoms with Gasteiger partial charge in [0.05, 0.1) is 5.56 Å². The summed E-state index contributed by atoms with van der Waals surface area (Å²) >= 11 is 0. The van der Waals surface area contributed by atoms with E-state index < -0.39 is 17.6 Å². The average molecular weight is 264 g/mol. The van der Waals surface area contributed by atoms with E-state index in [-0.39, 0.29) is 6.04 Å². The average Bonchev–Trinajstić information content (AvgIpc) is 2.25. The van der Waals surface area contributed by atoms with E-state index in [1.54, 1.807) is 7.05 Å². The molecule has 0 aliphatic carbocycles. The van der Waals surface area contributed by atoms with Gasteiger partial charge in [0.1, 0.15) is 5.82 Å². The highest BCUT2D eigenvalue weighted by Crippen LogP contribution is 2.33. The van der Waals surface area contributed by atoms with Crippen LogP contribution in [0.2, 0.25) is 0 Å². The molecule has 0 spiro atoms. The highest BCUT2D eigenvalue weighted by Gasteiger charge is 2.34. The molecule has 1 N–H and O–H groups in total. The van der Waals surface area contributed by atoms with Crippen molar-refractivity contribution in [2.45, 2.75) is 12.2 Å². The molecule has 0 radical (unpaired) electrons. The van der Waals surface area contributed by atoms with Crippen molar-refractivity contribution >= 4 is 0 Å². The lowest BCUT2D eigenvalue weighted by Crippen LogP contribution is -2.29. The van der Waals surface area contributed by atoms with Crippen molar-refractivity contribution in [1.29, 1.82) is 0 Å². The maximum absolute atomic E-state index is 13.1. The van der Waals surface area contributed by atoms with Gasteiger partial charge in [0.25, 0.3) is 0 Å². The zero-order valence-electron chi connectivity index (χ0n) is 10.5. The Kier molecular flexibility index (Phi) is 4.70. The third-order valence-corrected chi connectivity index (χ3v) is 2.59. The lowest BCUT2D eigenvalue weighted by atomic mass is 10.0. The maximum atomic E-state index is 13.1. The van der Waals surface area contributed by atoms with Crippen molar-refractivity contribution in [2.24, 2.45) is 0 Å². The molecule has 6 heteroatoms. The van der Waals surface area contributed by atoms with E-state index in [0.717, 1.165) is 12.1 Å². The highest BCUT2D eigenvalue weighted by atomic mass is 19.4. The number of hydrogen-bond acceptors (Lipinski definition) is 2. The summed E-state index contributed by atoms with van der Waals surface area (Å²) in [4.78, 5) is 1.85. The number of hydrogen-bond donors (Lipinski definition) is 1. The van der Waals surface area contributed by atoms with Crippen LogP contribution in [-0.2, 0) is 6.18 Å². The van der Waals surface area contributed by atoms with Gasteiger partial charge in [-0.15, -0.1) is 0 Å². The van der Waals surface area contributed by atoms with E-state index >= 15 is 0 Å². The fourth-order valence-corrected chi connectivity index (χ4v) is 1.71. The van der Waals surface area contributed by atoms with Crippen LogP contribution in [0, 0.1) is 5.82 Å². The molecule has 1 aromatic rings. The van der Waals surface area contributed by atoms with Crippen LogP contribution in [0.15, 0.2) is 18.2 Å². The summed E-state index contributed by atoms with van der Waals surface area (Å²) in [6, 6.07) is 2.81. The zero-order valence-corrected chi connectivity index (χ0v) is 10.5. The highest BCUT2D eigenvalue weighted by molar-refractivity contribution is 5.29. The minimum atomic E-state index is -4.67. The number of halogens is 4. The Morgan fingerprint density at radius 1 is 1.28 bits per heavy atom. The molecule has 0 aliphatic heterocycles. The van der Waals surface area contributed by atoms with Crippen LogP contribution in [0.4, 0.5) is 17.6 Å². The van der Waals surface area contributed by atoms with Gasteiger partial charge in [-0.3, -0.25) is 0 Å². The molecule has 2 nitrogen and oxygen atoms in total. The predicted molar refractivity (Wildman–Crippen MR) is 61.8 cm³/mol. The molecule has 0 fully saturated rings. The second-order valence-electron chi connectivity index (χ2n) is 4.34. The summed E-state index contributed by atoms with van der Waals surface area (Å²) in [5, 5.41) is 2.92. The van der Waals surface area contributed by atoms with Crippen molar-refractivity contribution in [3.63, 3.8) is 0 Å². The van der Waals surface area contributed by atoms with Crippen LogP contribution in [0.3, 0.4) is 0 Å². The third kappa shape index (κ3) is 3.68. The Labute approximate surface area is 104 Å². The van der Waals surface area contributed by atoms with Crippen molar-refractivity contribution in [3.8, 4) is 0 Å². The number of likely N-dealkylation sites (N-methyl/N-ethyl adjacent to an activating group) is 2. The fraction of sp³-hybridized carbons (Fsp3) is 0.500. The predicted octanol–water partition coefficient (Wildman–Crippen LogP) is 2.67. The SMILES string of the molecule is CNC(CN(C)C)c1ccc(F)c(C(F)(F)F)c1. The number of nitrogens with one attached hydrogen (secondary N) is 1. The number of benzene rings is 1. The minimum Gasteiger partial charge on any atom is -0.312 e. The van der Waals surface area contributed by atoms with Crippen LogP contribution >= 0.6 is 0 Å². The number of rotatable bonds is 4. The summed E-state index contributed by atoms with van der Waals surface area (Å²) in [5.41, 5.74) is -0.807. The van der Waals surface area contributed by atoms with Gasteiger partial charge in [0, 0.05) is 12.6 Å². The van der Waals surface area contributed by atoms with Gasteiger partial charge in [-0.2, -0.15) is 13.2 Å². The monoisotopic (exact) mass is 264 g/mol. The van der Waals surface area contributed by atoms with Crippen molar-refractivity contribution in [3.05, 3.63) is 35.1 Å². The van der Waals surface area contributed by atoms with Gasteiger partial charge >= 0.3 is 6.18 Å². The topological polar surface area (TPSA) is 15.3 Å². The normalized spacial score (nSPS) is 14.0. The molecular weight excluding hydrogens is 248 g/mol. The molecule has 0 heterocycles. The van der Waals surface area contributed by atoms with Gasteiger partial charge in [0.2, 0.25) is 0 Å². The number of nitrogens with zero attached hydrogens (tertiary/aromatic N) is 1. The maximum Gasteiger partial charge on any atom is 0.419 e. The smallest absolute Gasteiger partial charge is 0.312 e. The van der Waals surface area contributed by atoms with E-state index in [1.807, 2.05) is 19.0 Å². The van der Waals surface area contributed by atoms with E-state index in [1.165, 1.54) is 6.07 Å². The fourth-order valence-electron chi connectivity index (χ4n) is 1.71. The standard InChI is InChI=1S/C12H16F4N2/c1-17-11(7-18(2)3)8-4-5-10(13)9(6-8)12(14,15)16/h4-6,11,17H,7H2,1-3H3. The van der Waals surface area contributed by atoms with Crippen LogP contribution in [0.25, 0.3) is 0 Å². The Hall–Kier alpha value is -1.14. The Morgan fingerprint density at radius 2 is 1.89 bits per heavy atom. The van der Waals surface area contributed by atoms with Crippen LogP contribution in [0.1, 0.15) is 17.2 Å². The number of alkyl halides is 3. The molecule has 0 bridgehead atoms. The molecule has 0 saturated carbocycles. The summed E-state index contributed by atoms with van der Waals surface area (Å²) in [7, 11) is 5.29. The third-order valence-electron chi connectivity index (χ3n) is 2.59. The Balaban J connectivity index is 3.10. The molecule has 18 heavy (non-hydrogen) atoms. The largest absolute Gasteiger partial charge is 0.419 e. The van der Waals surface area contributed by atoms with E-state index in [9.17, 15) is 17.6 Å². The Morgan fingerprint density at radius 3 is 2.33 bits per heavy atom. The molecule has 1 rings (SSSR count). The van der Waals surface area contributed by atoms with Crippen LogP contribution < -0.4 is 5.32 Å². The molecule has 0 aromatic heterocycles. The lowest BCUT2D eigenvalue weighted by molar-refractivity contribution is -0.140. The van der Waals surface area contributed by atoms with Crippen LogP contribution in [0.5, 0.6) is 0 Å². The van der Waals surface area contributed by atoms with Gasteiger partial charge in [0.15, 0.2) is 0 Å². The molecule has 0 aliphatic rings. The summed E-state index contributed by atoms with van der Waals surface area (Å²) in [6.45, 7) is 0.527. The second kappa shape index (κ2) is 5.67. The first-order chi connectivity index (χ1) is 8.25. The molecule has 0 amide bonds. The van der Waals surface area contributed by atoms with Crippen molar-refractivity contribution < 1.29 is 17.6 Å². The first kappa shape index (κ1) is 14.9.